The maximum atomic E-state index is 5.71. The van der Waals surface area contributed by atoms with Crippen LogP contribution in [0.2, 0.25) is 0 Å². The Morgan fingerprint density at radius 2 is 2.36 bits per heavy atom. The molecule has 1 unspecified atom stereocenters. The number of likely N-dealkylation sites (tertiary alicyclic amines) is 1. The molecule has 1 aromatic rings. The van der Waals surface area contributed by atoms with Crippen LogP contribution in [0.4, 0.5) is 5.13 Å². The number of hydrogen-bond donors (Lipinski definition) is 1. The Morgan fingerprint density at radius 1 is 1.57 bits per heavy atom. The van der Waals surface area contributed by atoms with Gasteiger partial charge in [-0.1, -0.05) is 0 Å². The second kappa shape index (κ2) is 3.87. The first-order chi connectivity index (χ1) is 6.66. The van der Waals surface area contributed by atoms with Gasteiger partial charge in [-0.25, -0.2) is 4.98 Å². The molecule has 0 aromatic carbocycles. The number of aromatic nitrogens is 1. The van der Waals surface area contributed by atoms with Crippen LogP contribution < -0.4 is 5.73 Å². The summed E-state index contributed by atoms with van der Waals surface area (Å²) in [5.41, 5.74) is 6.95. The van der Waals surface area contributed by atoms with E-state index < -0.39 is 0 Å². The van der Waals surface area contributed by atoms with E-state index in [9.17, 15) is 0 Å². The maximum Gasteiger partial charge on any atom is 0.180 e. The van der Waals surface area contributed by atoms with Crippen molar-refractivity contribution in [1.29, 1.82) is 0 Å². The number of rotatable bonds is 1. The van der Waals surface area contributed by atoms with Crippen molar-refractivity contribution in [3.05, 3.63) is 10.6 Å². The number of nitrogens with zero attached hydrogens (tertiary/aromatic N) is 2. The number of piperidine rings is 1. The molecule has 0 aliphatic carbocycles. The summed E-state index contributed by atoms with van der Waals surface area (Å²) in [5.74, 6) is 0.599. The van der Waals surface area contributed by atoms with Gasteiger partial charge in [0.1, 0.15) is 0 Å². The Bertz CT molecular complexity index is 321. The van der Waals surface area contributed by atoms with Crippen molar-refractivity contribution in [2.75, 3.05) is 25.9 Å². The maximum absolute atomic E-state index is 5.71. The van der Waals surface area contributed by atoms with Gasteiger partial charge in [-0.3, -0.25) is 0 Å². The molecule has 3 nitrogen and oxygen atoms in total. The van der Waals surface area contributed by atoms with Crippen LogP contribution in [0.3, 0.4) is 0 Å². The lowest BCUT2D eigenvalue weighted by Gasteiger charge is -2.28. The van der Waals surface area contributed by atoms with E-state index in [0.29, 0.717) is 11.0 Å². The molecule has 2 rings (SSSR count). The molecule has 1 aliphatic rings. The molecule has 0 spiro atoms. The molecule has 0 radical (unpaired) electrons. The quantitative estimate of drug-likeness (QED) is 0.770. The van der Waals surface area contributed by atoms with E-state index in [-0.39, 0.29) is 0 Å². The van der Waals surface area contributed by atoms with Crippen LogP contribution >= 0.6 is 11.3 Å². The summed E-state index contributed by atoms with van der Waals surface area (Å²) in [6.45, 7) is 4.47. The van der Waals surface area contributed by atoms with Gasteiger partial charge < -0.3 is 10.6 Å². The Labute approximate surface area is 88.9 Å². The predicted molar refractivity (Wildman–Crippen MR) is 60.7 cm³/mol. The third-order valence-electron chi connectivity index (χ3n) is 2.86. The van der Waals surface area contributed by atoms with Gasteiger partial charge in [0.15, 0.2) is 5.13 Å². The van der Waals surface area contributed by atoms with Gasteiger partial charge in [-0.2, -0.15) is 0 Å². The summed E-state index contributed by atoms with van der Waals surface area (Å²) in [4.78, 5) is 8.11. The monoisotopic (exact) mass is 211 g/mol. The number of nitrogens with two attached hydrogens (primary N) is 1. The predicted octanol–water partition coefficient (Wildman–Crippen LogP) is 1.84. The van der Waals surface area contributed by atoms with E-state index in [4.69, 9.17) is 5.73 Å². The number of aryl methyl sites for hydroxylation is 1. The highest BCUT2D eigenvalue weighted by Gasteiger charge is 2.22. The normalized spacial score (nSPS) is 24.0. The Hall–Kier alpha value is -0.610. The third-order valence-corrected chi connectivity index (χ3v) is 3.68. The number of thiazole rings is 1. The molecular weight excluding hydrogens is 194 g/mol. The summed E-state index contributed by atoms with van der Waals surface area (Å²) in [6.07, 6.45) is 2.53. The summed E-state index contributed by atoms with van der Waals surface area (Å²) in [7, 11) is 2.18. The molecule has 14 heavy (non-hydrogen) atoms. The summed E-state index contributed by atoms with van der Waals surface area (Å²) in [5, 5.41) is 0.714. The van der Waals surface area contributed by atoms with Gasteiger partial charge >= 0.3 is 0 Å². The van der Waals surface area contributed by atoms with Crippen molar-refractivity contribution in [2.45, 2.75) is 25.7 Å². The highest BCUT2D eigenvalue weighted by Crippen LogP contribution is 2.31. The summed E-state index contributed by atoms with van der Waals surface area (Å²) >= 11 is 1.61. The molecule has 0 bridgehead atoms. The standard InChI is InChI=1S/C10H17N3S/c1-7-9(12-10(11)14-7)8-4-3-5-13(2)6-8/h8H,3-6H2,1-2H3,(H2,11,12). The molecule has 1 aromatic heterocycles. The summed E-state index contributed by atoms with van der Waals surface area (Å²) < 4.78 is 0. The Morgan fingerprint density at radius 3 is 2.93 bits per heavy atom. The number of anilines is 1. The number of nitrogen functional groups attached to an aromatic ring is 1. The van der Waals surface area contributed by atoms with Crippen molar-refractivity contribution in [2.24, 2.45) is 0 Å². The lowest BCUT2D eigenvalue weighted by atomic mass is 9.95. The first-order valence-corrected chi connectivity index (χ1v) is 5.90. The molecule has 0 saturated carbocycles. The smallest absolute Gasteiger partial charge is 0.180 e. The molecule has 1 fully saturated rings. The van der Waals surface area contributed by atoms with Gasteiger partial charge in [-0.05, 0) is 33.4 Å². The second-order valence-electron chi connectivity index (χ2n) is 4.09. The van der Waals surface area contributed by atoms with E-state index in [0.717, 1.165) is 6.54 Å². The van der Waals surface area contributed by atoms with Gasteiger partial charge in [0, 0.05) is 17.3 Å². The minimum absolute atomic E-state index is 0.599. The zero-order chi connectivity index (χ0) is 10.1. The average molecular weight is 211 g/mol. The molecule has 4 heteroatoms. The van der Waals surface area contributed by atoms with Crippen molar-refractivity contribution in [3.8, 4) is 0 Å². The van der Waals surface area contributed by atoms with Crippen LogP contribution in [0.15, 0.2) is 0 Å². The number of likely N-dealkylation sites (N-methyl/N-ethyl adjacent to an activating group) is 1. The molecule has 1 atom stereocenters. The van der Waals surface area contributed by atoms with Crippen LogP contribution in [0.1, 0.15) is 29.3 Å². The lowest BCUT2D eigenvalue weighted by Crippen LogP contribution is -2.31. The molecule has 2 heterocycles. The zero-order valence-corrected chi connectivity index (χ0v) is 9.60. The highest BCUT2D eigenvalue weighted by molar-refractivity contribution is 7.15. The van der Waals surface area contributed by atoms with Crippen molar-refractivity contribution < 1.29 is 0 Å². The molecule has 78 valence electrons. The van der Waals surface area contributed by atoms with Gasteiger partial charge in [-0.15, -0.1) is 11.3 Å². The van der Waals surface area contributed by atoms with Crippen molar-refractivity contribution in [3.63, 3.8) is 0 Å². The van der Waals surface area contributed by atoms with Crippen molar-refractivity contribution >= 4 is 16.5 Å². The molecular formula is C10H17N3S. The lowest BCUT2D eigenvalue weighted by molar-refractivity contribution is 0.248. The van der Waals surface area contributed by atoms with E-state index in [2.05, 4.69) is 23.9 Å². The van der Waals surface area contributed by atoms with E-state index in [1.807, 2.05) is 0 Å². The zero-order valence-electron chi connectivity index (χ0n) is 8.79. The van der Waals surface area contributed by atoms with Crippen LogP contribution in [-0.4, -0.2) is 30.0 Å². The molecule has 0 amide bonds. The Kier molecular flexibility index (Phi) is 2.74. The highest BCUT2D eigenvalue weighted by atomic mass is 32.1. The number of hydrogen-bond acceptors (Lipinski definition) is 4. The molecule has 1 aliphatic heterocycles. The minimum atomic E-state index is 0.599. The minimum Gasteiger partial charge on any atom is -0.375 e. The van der Waals surface area contributed by atoms with E-state index in [1.165, 1.54) is 30.0 Å². The van der Waals surface area contributed by atoms with Gasteiger partial charge in [0.25, 0.3) is 0 Å². The fraction of sp³-hybridized carbons (Fsp3) is 0.700. The topological polar surface area (TPSA) is 42.1 Å². The van der Waals surface area contributed by atoms with E-state index >= 15 is 0 Å². The SMILES string of the molecule is Cc1sc(N)nc1C1CCCN(C)C1. The van der Waals surface area contributed by atoms with E-state index in [1.54, 1.807) is 11.3 Å². The molecule has 1 saturated heterocycles. The second-order valence-corrected chi connectivity index (χ2v) is 5.33. The Balaban J connectivity index is 2.17. The van der Waals surface area contributed by atoms with Crippen LogP contribution in [-0.2, 0) is 0 Å². The van der Waals surface area contributed by atoms with Crippen molar-refractivity contribution in [1.82, 2.24) is 9.88 Å². The average Bonchev–Trinajstić information content (AvgIpc) is 2.45. The van der Waals surface area contributed by atoms with Gasteiger partial charge in [0.05, 0.1) is 5.69 Å². The third kappa shape index (κ3) is 1.91. The fourth-order valence-electron chi connectivity index (χ4n) is 2.20. The summed E-state index contributed by atoms with van der Waals surface area (Å²) in [6, 6.07) is 0. The first-order valence-electron chi connectivity index (χ1n) is 5.08. The van der Waals surface area contributed by atoms with Crippen LogP contribution in [0.25, 0.3) is 0 Å². The van der Waals surface area contributed by atoms with Crippen LogP contribution in [0, 0.1) is 6.92 Å². The largest absolute Gasteiger partial charge is 0.375 e. The first kappa shape index (κ1) is 9.93. The van der Waals surface area contributed by atoms with Crippen LogP contribution in [0.5, 0.6) is 0 Å². The molecule has 2 N–H and O–H groups in total. The fourth-order valence-corrected chi connectivity index (χ4v) is 2.97. The van der Waals surface area contributed by atoms with Gasteiger partial charge in [0.2, 0.25) is 0 Å².